The summed E-state index contributed by atoms with van der Waals surface area (Å²) in [5, 5.41) is 5.44. The standard InChI is InChI=1S/C38H50Cl2N6O7/c1-38(2,3)52-37(50)53-45-22-20-42(21-23-45)28-11-15-43(16-12-28)34(47)33(25-26-8-9-30(39)31(40)24-26)51-36(49)44-17-13-29(14-18-44)46-19-10-27-6-4-5-7-32(27)41-35(46)48/h4-9,24,28-29,33H,10-23,25H2,1-3H3,(H,41,48)/t33-/m1/s1. The second kappa shape index (κ2) is 17.1. The molecule has 1 N–H and O–H groups in total. The molecule has 2 aromatic carbocycles. The molecule has 288 valence electrons. The van der Waals surface area contributed by atoms with Gasteiger partial charge in [-0.3, -0.25) is 9.69 Å². The fourth-order valence-corrected chi connectivity index (χ4v) is 7.86. The van der Waals surface area contributed by atoms with E-state index >= 15 is 0 Å². The summed E-state index contributed by atoms with van der Waals surface area (Å²) in [5.41, 5.74) is 2.06. The van der Waals surface area contributed by atoms with Crippen LogP contribution in [0, 0.1) is 0 Å². The van der Waals surface area contributed by atoms with Gasteiger partial charge >= 0.3 is 18.3 Å². The minimum absolute atomic E-state index is 0.0104. The number of carbonyl (C=O) groups is 4. The van der Waals surface area contributed by atoms with E-state index in [4.69, 9.17) is 37.5 Å². The molecule has 53 heavy (non-hydrogen) atoms. The van der Waals surface area contributed by atoms with Gasteiger partial charge in [0.05, 0.1) is 10.0 Å². The number of amides is 4. The van der Waals surface area contributed by atoms with E-state index in [1.165, 1.54) is 0 Å². The SMILES string of the molecule is CC(C)(C)OC(=O)ON1CCN(C2CCN(C(=O)[C@@H](Cc3ccc(Cl)c(Cl)c3)OC(=O)N3CCC(N4CCc5ccccc5NC4=O)CC3)CC2)CC1. The number of hydrogen-bond donors (Lipinski definition) is 1. The molecule has 3 saturated heterocycles. The van der Waals surface area contributed by atoms with Gasteiger partial charge in [-0.1, -0.05) is 47.5 Å². The molecule has 0 radical (unpaired) electrons. The van der Waals surface area contributed by atoms with Crippen molar-refractivity contribution in [3.63, 3.8) is 0 Å². The fourth-order valence-electron chi connectivity index (χ4n) is 7.54. The second-order valence-electron chi connectivity index (χ2n) is 15.2. The van der Waals surface area contributed by atoms with E-state index < -0.39 is 24.0 Å². The maximum atomic E-state index is 14.1. The number of hydrogen-bond acceptors (Lipinski definition) is 9. The second-order valence-corrected chi connectivity index (χ2v) is 16.0. The van der Waals surface area contributed by atoms with Crippen molar-refractivity contribution in [3.8, 4) is 0 Å². The molecule has 4 aliphatic rings. The number of carbonyl (C=O) groups excluding carboxylic acids is 4. The molecule has 0 spiro atoms. The van der Waals surface area contributed by atoms with Gasteiger partial charge in [0, 0.05) is 83.1 Å². The molecule has 2 aromatic rings. The number of anilines is 1. The monoisotopic (exact) mass is 772 g/mol. The minimum Gasteiger partial charge on any atom is -0.436 e. The first-order valence-corrected chi connectivity index (χ1v) is 19.3. The first-order chi connectivity index (χ1) is 25.3. The highest BCUT2D eigenvalue weighted by Crippen LogP contribution is 2.27. The Morgan fingerprint density at radius 3 is 2.17 bits per heavy atom. The Labute approximate surface area is 321 Å². The van der Waals surface area contributed by atoms with Gasteiger partial charge in [-0.15, -0.1) is 5.06 Å². The van der Waals surface area contributed by atoms with Crippen LogP contribution in [0.15, 0.2) is 42.5 Å². The lowest BCUT2D eigenvalue weighted by Gasteiger charge is -2.42. The number of nitrogens with one attached hydrogen (secondary N) is 1. The van der Waals surface area contributed by atoms with Gasteiger partial charge in [-0.05, 0) is 82.2 Å². The molecular weight excluding hydrogens is 723 g/mol. The lowest BCUT2D eigenvalue weighted by atomic mass is 10.0. The lowest BCUT2D eigenvalue weighted by Crippen LogP contribution is -2.55. The van der Waals surface area contributed by atoms with Gasteiger partial charge in [-0.25, -0.2) is 14.4 Å². The third-order valence-electron chi connectivity index (χ3n) is 10.4. The smallest absolute Gasteiger partial charge is 0.436 e. The molecule has 15 heteroatoms. The Kier molecular flexibility index (Phi) is 12.6. The Hall–Kier alpha value is -3.78. The Bertz CT molecular complexity index is 1630. The molecule has 0 unspecified atom stereocenters. The van der Waals surface area contributed by atoms with Crippen LogP contribution in [-0.2, 0) is 31.9 Å². The largest absolute Gasteiger partial charge is 0.528 e. The predicted octanol–water partition coefficient (Wildman–Crippen LogP) is 6.07. The fraction of sp³-hybridized carbons (Fsp3) is 0.579. The summed E-state index contributed by atoms with van der Waals surface area (Å²) in [5.74, 6) is -0.242. The maximum Gasteiger partial charge on any atom is 0.528 e. The van der Waals surface area contributed by atoms with Gasteiger partial charge < -0.3 is 34.3 Å². The first kappa shape index (κ1) is 38.9. The van der Waals surface area contributed by atoms with Crippen molar-refractivity contribution in [2.24, 2.45) is 0 Å². The quantitative estimate of drug-likeness (QED) is 0.334. The molecule has 4 aliphatic heterocycles. The zero-order valence-corrected chi connectivity index (χ0v) is 32.2. The highest BCUT2D eigenvalue weighted by atomic mass is 35.5. The summed E-state index contributed by atoms with van der Waals surface area (Å²) in [4.78, 5) is 65.9. The van der Waals surface area contributed by atoms with Crippen LogP contribution >= 0.6 is 23.2 Å². The van der Waals surface area contributed by atoms with E-state index in [-0.39, 0.29) is 30.4 Å². The summed E-state index contributed by atoms with van der Waals surface area (Å²) in [6, 6.07) is 13.1. The average molecular weight is 774 g/mol. The van der Waals surface area contributed by atoms with Crippen molar-refractivity contribution in [3.05, 3.63) is 63.6 Å². The zero-order chi connectivity index (χ0) is 37.7. The van der Waals surface area contributed by atoms with Crippen molar-refractivity contribution >= 4 is 53.1 Å². The molecule has 3 fully saturated rings. The molecule has 1 atom stereocenters. The molecule has 13 nitrogen and oxygen atoms in total. The van der Waals surface area contributed by atoms with Crippen LogP contribution in [0.2, 0.25) is 10.0 Å². The number of urea groups is 1. The number of piperidine rings is 2. The van der Waals surface area contributed by atoms with E-state index in [9.17, 15) is 19.2 Å². The third-order valence-corrected chi connectivity index (χ3v) is 11.1. The number of hydroxylamine groups is 2. The van der Waals surface area contributed by atoms with Crippen LogP contribution in [0.3, 0.4) is 0 Å². The normalized spacial score (nSPS) is 20.2. The van der Waals surface area contributed by atoms with Crippen LogP contribution < -0.4 is 5.32 Å². The van der Waals surface area contributed by atoms with Gasteiger partial charge in [0.2, 0.25) is 0 Å². The molecular formula is C38H50Cl2N6O7. The highest BCUT2D eigenvalue weighted by Gasteiger charge is 2.37. The summed E-state index contributed by atoms with van der Waals surface area (Å²) in [6.45, 7) is 10.5. The first-order valence-electron chi connectivity index (χ1n) is 18.6. The van der Waals surface area contributed by atoms with Crippen LogP contribution in [0.25, 0.3) is 0 Å². The molecule has 0 bridgehead atoms. The Morgan fingerprint density at radius 1 is 0.830 bits per heavy atom. The topological polar surface area (TPSA) is 124 Å². The summed E-state index contributed by atoms with van der Waals surface area (Å²) in [6.07, 6.45) is 1.39. The highest BCUT2D eigenvalue weighted by molar-refractivity contribution is 6.42. The number of ether oxygens (including phenoxy) is 2. The number of benzene rings is 2. The van der Waals surface area contributed by atoms with Crippen molar-refractivity contribution in [2.45, 2.75) is 83.1 Å². The van der Waals surface area contributed by atoms with Crippen molar-refractivity contribution < 1.29 is 33.5 Å². The molecule has 4 heterocycles. The summed E-state index contributed by atoms with van der Waals surface area (Å²) < 4.78 is 11.3. The van der Waals surface area contributed by atoms with E-state index in [0.29, 0.717) is 68.7 Å². The number of fused-ring (bicyclic) bond motifs is 1. The lowest BCUT2D eigenvalue weighted by molar-refractivity contribution is -0.162. The summed E-state index contributed by atoms with van der Waals surface area (Å²) in [7, 11) is 0. The number of piperazine rings is 1. The summed E-state index contributed by atoms with van der Waals surface area (Å²) >= 11 is 12.5. The number of nitrogens with zero attached hydrogens (tertiary/aromatic N) is 5. The van der Waals surface area contributed by atoms with E-state index in [2.05, 4.69) is 10.2 Å². The molecule has 4 amide bonds. The average Bonchev–Trinajstić information content (AvgIpc) is 3.30. The van der Waals surface area contributed by atoms with Gasteiger partial charge in [0.15, 0.2) is 6.10 Å². The zero-order valence-electron chi connectivity index (χ0n) is 30.7. The van der Waals surface area contributed by atoms with E-state index in [0.717, 1.165) is 49.2 Å². The molecule has 0 aromatic heterocycles. The number of rotatable bonds is 7. The minimum atomic E-state index is -1.04. The van der Waals surface area contributed by atoms with Gasteiger partial charge in [0.25, 0.3) is 5.91 Å². The molecule has 0 saturated carbocycles. The number of halogens is 2. The van der Waals surface area contributed by atoms with Crippen LogP contribution in [-0.4, -0.2) is 132 Å². The molecule has 6 rings (SSSR count). The van der Waals surface area contributed by atoms with Gasteiger partial charge in [-0.2, -0.15) is 0 Å². The Morgan fingerprint density at radius 2 is 1.49 bits per heavy atom. The van der Waals surface area contributed by atoms with E-state index in [1.807, 2.05) is 29.2 Å². The van der Waals surface area contributed by atoms with Crippen LogP contribution in [0.1, 0.15) is 57.6 Å². The Balaban J connectivity index is 1.02. The van der Waals surface area contributed by atoms with Gasteiger partial charge in [0.1, 0.15) is 5.60 Å². The third kappa shape index (κ3) is 10.3. The predicted molar refractivity (Wildman–Crippen MR) is 201 cm³/mol. The van der Waals surface area contributed by atoms with E-state index in [1.54, 1.807) is 53.8 Å². The van der Waals surface area contributed by atoms with Crippen molar-refractivity contribution in [1.82, 2.24) is 24.7 Å². The number of para-hydroxylation sites is 1. The van der Waals surface area contributed by atoms with Crippen LogP contribution in [0.4, 0.5) is 20.1 Å². The van der Waals surface area contributed by atoms with Crippen molar-refractivity contribution in [1.29, 1.82) is 0 Å². The number of likely N-dealkylation sites (tertiary alicyclic amines) is 2. The molecule has 0 aliphatic carbocycles. The maximum absolute atomic E-state index is 14.1. The van der Waals surface area contributed by atoms with Crippen molar-refractivity contribution in [2.75, 3.05) is 64.2 Å². The van der Waals surface area contributed by atoms with Crippen LogP contribution in [0.5, 0.6) is 0 Å².